The predicted molar refractivity (Wildman–Crippen MR) is 183 cm³/mol. The molecule has 0 radical (unpaired) electrons. The van der Waals surface area contributed by atoms with Crippen LogP contribution in [0.25, 0.3) is 0 Å². The third kappa shape index (κ3) is 13.5. The summed E-state index contributed by atoms with van der Waals surface area (Å²) in [5.74, 6) is -3.41. The molecule has 4 atom stereocenters. The van der Waals surface area contributed by atoms with Gasteiger partial charge in [-0.1, -0.05) is 71.4 Å². The first-order valence-electron chi connectivity index (χ1n) is 17.1. The number of nitrogens with zero attached hydrogens (tertiary/aromatic N) is 1. The van der Waals surface area contributed by atoms with Crippen molar-refractivity contribution in [1.29, 1.82) is 0 Å². The topological polar surface area (TPSA) is 199 Å². The number of piperidine rings is 1. The van der Waals surface area contributed by atoms with Gasteiger partial charge in [0, 0.05) is 37.8 Å². The Labute approximate surface area is 280 Å². The molecule has 1 saturated heterocycles. The van der Waals surface area contributed by atoms with E-state index >= 15 is 0 Å². The predicted octanol–water partition coefficient (Wildman–Crippen LogP) is 3.21. The number of carbonyl (C=O) groups excluding carboxylic acids is 4. The average Bonchev–Trinajstić information content (AvgIpc) is 2.99. The number of carbonyl (C=O) groups is 5. The second-order valence-corrected chi connectivity index (χ2v) is 15.1. The third-order valence-corrected chi connectivity index (χ3v) is 9.00. The Morgan fingerprint density at radius 2 is 1.55 bits per heavy atom. The lowest BCUT2D eigenvalue weighted by molar-refractivity contribution is -0.149. The third-order valence-electron chi connectivity index (χ3n) is 9.00. The van der Waals surface area contributed by atoms with Crippen molar-refractivity contribution in [3.05, 3.63) is 35.9 Å². The minimum atomic E-state index is -1.37. The second kappa shape index (κ2) is 18.4. The molecular formula is C36H59N5O6. The molecule has 11 nitrogen and oxygen atoms in total. The first kappa shape index (κ1) is 40.0. The minimum Gasteiger partial charge on any atom is -0.480 e. The fourth-order valence-corrected chi connectivity index (χ4v) is 6.19. The summed E-state index contributed by atoms with van der Waals surface area (Å²) in [7, 11) is 0. The van der Waals surface area contributed by atoms with Crippen molar-refractivity contribution < 1.29 is 29.1 Å². The summed E-state index contributed by atoms with van der Waals surface area (Å²) < 4.78 is 0. The second-order valence-electron chi connectivity index (χ2n) is 15.1. The van der Waals surface area contributed by atoms with Crippen LogP contribution in [0.15, 0.2) is 30.3 Å². The fourth-order valence-electron chi connectivity index (χ4n) is 6.19. The maximum absolute atomic E-state index is 13.9. The zero-order chi connectivity index (χ0) is 35.4. The Kier molecular flexibility index (Phi) is 15.7. The van der Waals surface area contributed by atoms with Gasteiger partial charge in [0.1, 0.15) is 11.3 Å². The van der Waals surface area contributed by atoms with Crippen LogP contribution in [-0.2, 0) is 30.4 Å². The van der Waals surface area contributed by atoms with E-state index in [1.807, 2.05) is 65.0 Å². The molecule has 1 aliphatic rings. The summed E-state index contributed by atoms with van der Waals surface area (Å²) in [5, 5.41) is 12.5. The maximum Gasteiger partial charge on any atom is 0.323 e. The summed E-state index contributed by atoms with van der Waals surface area (Å²) in [6.07, 6.45) is 3.12. The van der Waals surface area contributed by atoms with Gasteiger partial charge < -0.3 is 32.5 Å². The number of likely N-dealkylation sites (tertiary alicyclic amines) is 1. The van der Waals surface area contributed by atoms with Gasteiger partial charge in [-0.3, -0.25) is 24.0 Å². The van der Waals surface area contributed by atoms with Gasteiger partial charge in [-0.05, 0) is 68.4 Å². The molecule has 11 heteroatoms. The van der Waals surface area contributed by atoms with Crippen molar-refractivity contribution in [1.82, 2.24) is 10.2 Å². The van der Waals surface area contributed by atoms with Crippen LogP contribution in [0.3, 0.4) is 0 Å². The van der Waals surface area contributed by atoms with E-state index in [-0.39, 0.29) is 73.5 Å². The van der Waals surface area contributed by atoms with Crippen molar-refractivity contribution in [2.24, 2.45) is 40.4 Å². The highest BCUT2D eigenvalue weighted by Gasteiger charge is 2.40. The number of Topliss-reactive ketones (excluding diaryl/α,β-unsaturated/α-hetero) is 2. The molecule has 8 N–H and O–H groups in total. The number of rotatable bonds is 19. The quantitative estimate of drug-likeness (QED) is 0.139. The molecule has 0 bridgehead atoms. The Morgan fingerprint density at radius 1 is 0.957 bits per heavy atom. The Balaban J connectivity index is 2.25. The summed E-state index contributed by atoms with van der Waals surface area (Å²) in [6, 6.07) is 7.90. The normalized spacial score (nSPS) is 17.4. The molecule has 1 fully saturated rings. The number of ketones is 2. The summed E-state index contributed by atoms with van der Waals surface area (Å²) in [5.41, 5.74) is 17.4. The number of unbranched alkanes of at least 4 members (excludes halogenated alkanes) is 1. The van der Waals surface area contributed by atoms with Crippen molar-refractivity contribution in [2.75, 3.05) is 19.6 Å². The first-order valence-corrected chi connectivity index (χ1v) is 17.1. The number of nitrogens with one attached hydrogen (secondary N) is 1. The lowest BCUT2D eigenvalue weighted by atomic mass is 9.83. The molecule has 264 valence electrons. The Morgan fingerprint density at radius 3 is 2.09 bits per heavy atom. The fraction of sp³-hybridized carbons (Fsp3) is 0.694. The molecule has 0 aromatic heterocycles. The molecule has 2 rings (SSSR count). The van der Waals surface area contributed by atoms with Crippen LogP contribution < -0.4 is 22.5 Å². The Bertz CT molecular complexity index is 1190. The number of nitrogens with two attached hydrogens (primary N) is 3. The number of carboxylic acid groups (broad SMARTS) is 1. The van der Waals surface area contributed by atoms with E-state index < -0.39 is 35.4 Å². The van der Waals surface area contributed by atoms with Crippen LogP contribution in [0.5, 0.6) is 0 Å². The molecule has 1 aliphatic heterocycles. The zero-order valence-electron chi connectivity index (χ0n) is 29.1. The van der Waals surface area contributed by atoms with Gasteiger partial charge >= 0.3 is 5.97 Å². The Hall–Kier alpha value is -3.15. The van der Waals surface area contributed by atoms with E-state index in [4.69, 9.17) is 17.2 Å². The standard InChI is InChI=1S/C36H59N5O6/c1-24(2)19-29(31(43)21-26(13-9-10-16-37)33(45)41-17-14-36(39,15-18-41)34(46)47)40-32(44)27(20-25-11-7-6-8-12-25)22-30(42)28(38)23-35(3,4)5/h6-8,11-12,24,26-29H,9-10,13-23,37-39H2,1-5H3,(H,40,44)(H,46,47)/t26-,27-,28+,29+/m0/s1. The minimum absolute atomic E-state index is 0.0469. The summed E-state index contributed by atoms with van der Waals surface area (Å²) in [6.45, 7) is 10.8. The van der Waals surface area contributed by atoms with E-state index in [0.29, 0.717) is 45.1 Å². The zero-order valence-corrected chi connectivity index (χ0v) is 29.1. The largest absolute Gasteiger partial charge is 0.480 e. The maximum atomic E-state index is 13.9. The lowest BCUT2D eigenvalue weighted by Gasteiger charge is -2.38. The van der Waals surface area contributed by atoms with Crippen molar-refractivity contribution >= 4 is 29.4 Å². The highest BCUT2D eigenvalue weighted by atomic mass is 16.4. The number of carboxylic acids is 1. The van der Waals surface area contributed by atoms with Gasteiger partial charge in [0.15, 0.2) is 5.78 Å². The van der Waals surface area contributed by atoms with Gasteiger partial charge in [0.2, 0.25) is 11.8 Å². The molecule has 0 aliphatic carbocycles. The van der Waals surface area contributed by atoms with E-state index in [0.717, 1.165) is 5.56 Å². The molecular weight excluding hydrogens is 598 g/mol. The molecule has 1 aromatic rings. The van der Waals surface area contributed by atoms with Crippen LogP contribution in [0, 0.1) is 23.2 Å². The number of hydrogen-bond acceptors (Lipinski definition) is 8. The lowest BCUT2D eigenvalue weighted by Crippen LogP contribution is -2.57. The molecule has 0 spiro atoms. The molecule has 2 amide bonds. The molecule has 0 unspecified atom stereocenters. The average molecular weight is 658 g/mol. The number of aliphatic carboxylic acids is 1. The molecule has 0 saturated carbocycles. The first-order chi connectivity index (χ1) is 22.0. The van der Waals surface area contributed by atoms with Crippen LogP contribution in [0.4, 0.5) is 0 Å². The van der Waals surface area contributed by atoms with Gasteiger partial charge in [0.25, 0.3) is 0 Å². The van der Waals surface area contributed by atoms with Gasteiger partial charge in [-0.15, -0.1) is 0 Å². The molecule has 1 heterocycles. The molecule has 1 aromatic carbocycles. The van der Waals surface area contributed by atoms with Gasteiger partial charge in [-0.2, -0.15) is 0 Å². The van der Waals surface area contributed by atoms with E-state index in [1.165, 1.54) is 0 Å². The van der Waals surface area contributed by atoms with E-state index in [9.17, 15) is 29.1 Å². The monoisotopic (exact) mass is 657 g/mol. The number of amides is 2. The smallest absolute Gasteiger partial charge is 0.323 e. The van der Waals surface area contributed by atoms with Crippen LogP contribution in [-0.4, -0.2) is 76.6 Å². The van der Waals surface area contributed by atoms with Crippen molar-refractivity contribution in [3.8, 4) is 0 Å². The highest BCUT2D eigenvalue weighted by molar-refractivity contribution is 5.95. The van der Waals surface area contributed by atoms with E-state index in [2.05, 4.69) is 5.32 Å². The molecule has 47 heavy (non-hydrogen) atoms. The highest BCUT2D eigenvalue weighted by Crippen LogP contribution is 2.26. The van der Waals surface area contributed by atoms with Crippen LogP contribution in [0.1, 0.15) is 98.0 Å². The van der Waals surface area contributed by atoms with Gasteiger partial charge in [-0.25, -0.2) is 0 Å². The van der Waals surface area contributed by atoms with Crippen molar-refractivity contribution in [3.63, 3.8) is 0 Å². The van der Waals surface area contributed by atoms with Crippen LogP contribution in [0.2, 0.25) is 0 Å². The SMILES string of the molecule is CC(C)C[C@@H](NC(=O)[C@H](CC(=O)[C@H](N)CC(C)(C)C)Cc1ccccc1)C(=O)C[C@H](CCCCN)C(=O)N1CCC(N)(C(=O)O)CC1. The summed E-state index contributed by atoms with van der Waals surface area (Å²) in [4.78, 5) is 67.9. The van der Waals surface area contributed by atoms with E-state index in [1.54, 1.807) is 4.90 Å². The van der Waals surface area contributed by atoms with Crippen molar-refractivity contribution in [2.45, 2.75) is 116 Å². The summed E-state index contributed by atoms with van der Waals surface area (Å²) >= 11 is 0. The number of benzene rings is 1. The van der Waals surface area contributed by atoms with Gasteiger partial charge in [0.05, 0.1) is 12.1 Å². The van der Waals surface area contributed by atoms with Crippen LogP contribution >= 0.6 is 0 Å². The number of hydrogen-bond donors (Lipinski definition) is 5.